The maximum absolute atomic E-state index is 11.7. The van der Waals surface area contributed by atoms with Crippen LogP contribution in [0.1, 0.15) is 0 Å². The van der Waals surface area contributed by atoms with Crippen molar-refractivity contribution >= 4 is 11.8 Å². The number of ether oxygens (including phenoxy) is 1. The highest BCUT2D eigenvalue weighted by atomic mass is 19.3. The predicted molar refractivity (Wildman–Crippen MR) is 47.0 cm³/mol. The van der Waals surface area contributed by atoms with E-state index < -0.39 is 12.6 Å². The van der Waals surface area contributed by atoms with E-state index in [2.05, 4.69) is 15.0 Å². The van der Waals surface area contributed by atoms with Crippen LogP contribution in [0.5, 0.6) is 5.75 Å². The average molecular weight is 218 g/mol. The van der Waals surface area contributed by atoms with E-state index in [0.717, 1.165) is 6.20 Å². The third-order valence-electron chi connectivity index (χ3n) is 1.38. The number of pyridine rings is 1. The van der Waals surface area contributed by atoms with Crippen LogP contribution in [0, 0.1) is 0 Å². The van der Waals surface area contributed by atoms with Gasteiger partial charge in [-0.05, 0) is 12.1 Å². The second kappa shape index (κ2) is 5.08. The molecule has 15 heavy (non-hydrogen) atoms. The zero-order valence-corrected chi connectivity index (χ0v) is 7.48. The Morgan fingerprint density at radius 1 is 1.60 bits per heavy atom. The molecule has 0 aliphatic rings. The summed E-state index contributed by atoms with van der Waals surface area (Å²) in [7, 11) is 0. The lowest BCUT2D eigenvalue weighted by atomic mass is 10.4. The second-order valence-electron chi connectivity index (χ2n) is 2.50. The Kier molecular flexibility index (Phi) is 3.78. The number of rotatable bonds is 5. The largest absolute Gasteiger partial charge is 0.480 e. The smallest absolute Gasteiger partial charge is 0.387 e. The summed E-state index contributed by atoms with van der Waals surface area (Å²) in [6.07, 6.45) is 1.08. The van der Waals surface area contributed by atoms with Crippen LogP contribution >= 0.6 is 0 Å². The SMILES string of the molecule is O=C(O)CNc1ccc(OC(F)F)cn1. The number of alkyl halides is 2. The van der Waals surface area contributed by atoms with E-state index >= 15 is 0 Å². The average Bonchev–Trinajstić information content (AvgIpc) is 2.16. The normalized spacial score (nSPS) is 10.1. The Morgan fingerprint density at radius 2 is 2.33 bits per heavy atom. The van der Waals surface area contributed by atoms with Crippen LogP contribution in [0.3, 0.4) is 0 Å². The number of nitrogens with one attached hydrogen (secondary N) is 1. The highest BCUT2D eigenvalue weighted by molar-refractivity contribution is 5.72. The van der Waals surface area contributed by atoms with Crippen molar-refractivity contribution in [2.24, 2.45) is 0 Å². The van der Waals surface area contributed by atoms with Crippen molar-refractivity contribution in [2.75, 3.05) is 11.9 Å². The minimum Gasteiger partial charge on any atom is -0.480 e. The molecule has 0 saturated carbocycles. The van der Waals surface area contributed by atoms with Crippen molar-refractivity contribution < 1.29 is 23.4 Å². The fourth-order valence-electron chi connectivity index (χ4n) is 0.824. The quantitative estimate of drug-likeness (QED) is 0.776. The maximum atomic E-state index is 11.7. The fourth-order valence-corrected chi connectivity index (χ4v) is 0.824. The third kappa shape index (κ3) is 4.21. The Morgan fingerprint density at radius 3 is 2.80 bits per heavy atom. The first-order valence-corrected chi connectivity index (χ1v) is 3.94. The van der Waals surface area contributed by atoms with Gasteiger partial charge in [-0.3, -0.25) is 4.79 Å². The summed E-state index contributed by atoms with van der Waals surface area (Å²) in [6, 6.07) is 2.62. The van der Waals surface area contributed by atoms with Gasteiger partial charge in [0.05, 0.1) is 6.20 Å². The number of anilines is 1. The minimum atomic E-state index is -2.90. The molecule has 0 amide bonds. The van der Waals surface area contributed by atoms with Crippen molar-refractivity contribution in [3.8, 4) is 5.75 Å². The molecule has 1 rings (SSSR count). The molecule has 0 fully saturated rings. The number of carboxylic acids is 1. The Hall–Kier alpha value is -1.92. The molecule has 0 unspecified atom stereocenters. The van der Waals surface area contributed by atoms with Crippen LogP contribution in [-0.4, -0.2) is 29.2 Å². The molecule has 0 spiro atoms. The monoisotopic (exact) mass is 218 g/mol. The van der Waals surface area contributed by atoms with Gasteiger partial charge in [-0.1, -0.05) is 0 Å². The minimum absolute atomic E-state index is 0.0779. The van der Waals surface area contributed by atoms with Gasteiger partial charge < -0.3 is 15.2 Å². The summed E-state index contributed by atoms with van der Waals surface area (Å²) in [4.78, 5) is 13.8. The Labute approximate surface area is 83.7 Å². The van der Waals surface area contributed by atoms with Crippen molar-refractivity contribution in [1.29, 1.82) is 0 Å². The van der Waals surface area contributed by atoms with Gasteiger partial charge in [-0.2, -0.15) is 8.78 Å². The third-order valence-corrected chi connectivity index (χ3v) is 1.38. The molecule has 0 saturated heterocycles. The Balaban J connectivity index is 2.52. The van der Waals surface area contributed by atoms with Gasteiger partial charge in [0.1, 0.15) is 18.1 Å². The topological polar surface area (TPSA) is 71.5 Å². The molecule has 7 heteroatoms. The Bertz CT molecular complexity index is 329. The summed E-state index contributed by atoms with van der Waals surface area (Å²) in [6.45, 7) is -3.19. The van der Waals surface area contributed by atoms with Crippen LogP contribution in [0.15, 0.2) is 18.3 Å². The molecule has 0 aromatic carbocycles. The number of carbonyl (C=O) groups is 1. The summed E-state index contributed by atoms with van der Waals surface area (Å²) in [5.41, 5.74) is 0. The number of hydrogen-bond acceptors (Lipinski definition) is 4. The van der Waals surface area contributed by atoms with Gasteiger partial charge in [-0.15, -0.1) is 0 Å². The van der Waals surface area contributed by atoms with Crippen LogP contribution < -0.4 is 10.1 Å². The lowest BCUT2D eigenvalue weighted by Crippen LogP contribution is -2.13. The van der Waals surface area contributed by atoms with Crippen LogP contribution in [0.4, 0.5) is 14.6 Å². The first-order chi connectivity index (χ1) is 7.08. The first kappa shape index (κ1) is 11.2. The van der Waals surface area contributed by atoms with Gasteiger partial charge in [0.25, 0.3) is 0 Å². The van der Waals surface area contributed by atoms with Crippen LogP contribution in [0.2, 0.25) is 0 Å². The van der Waals surface area contributed by atoms with E-state index in [9.17, 15) is 13.6 Å². The molecule has 1 heterocycles. The molecule has 0 aliphatic carbocycles. The van der Waals surface area contributed by atoms with Crippen molar-refractivity contribution in [3.05, 3.63) is 18.3 Å². The number of hydrogen-bond donors (Lipinski definition) is 2. The van der Waals surface area contributed by atoms with Crippen molar-refractivity contribution in [1.82, 2.24) is 4.98 Å². The van der Waals surface area contributed by atoms with Crippen LogP contribution in [0.25, 0.3) is 0 Å². The molecule has 0 atom stereocenters. The first-order valence-electron chi connectivity index (χ1n) is 3.94. The summed E-state index contributed by atoms with van der Waals surface area (Å²) in [5, 5.41) is 10.8. The molecule has 0 bridgehead atoms. The van der Waals surface area contributed by atoms with E-state index in [1.807, 2.05) is 0 Å². The number of aliphatic carboxylic acids is 1. The van der Waals surface area contributed by atoms with E-state index in [1.54, 1.807) is 0 Å². The molecular formula is C8H8F2N2O3. The number of aromatic nitrogens is 1. The van der Waals surface area contributed by atoms with E-state index in [0.29, 0.717) is 0 Å². The summed E-state index contributed by atoms with van der Waals surface area (Å²) < 4.78 is 27.5. The van der Waals surface area contributed by atoms with Gasteiger partial charge in [0.15, 0.2) is 0 Å². The molecule has 0 aliphatic heterocycles. The zero-order chi connectivity index (χ0) is 11.3. The molecule has 82 valence electrons. The number of carboxylic acid groups (broad SMARTS) is 1. The molecular weight excluding hydrogens is 210 g/mol. The highest BCUT2D eigenvalue weighted by Gasteiger charge is 2.04. The second-order valence-corrected chi connectivity index (χ2v) is 2.50. The van der Waals surface area contributed by atoms with Gasteiger partial charge >= 0.3 is 12.6 Å². The lowest BCUT2D eigenvalue weighted by molar-refractivity contribution is -0.134. The number of halogens is 2. The summed E-state index contributed by atoms with van der Waals surface area (Å²) >= 11 is 0. The molecule has 1 aromatic rings. The van der Waals surface area contributed by atoms with Gasteiger partial charge in [0.2, 0.25) is 0 Å². The highest BCUT2D eigenvalue weighted by Crippen LogP contribution is 2.14. The fraction of sp³-hybridized carbons (Fsp3) is 0.250. The molecule has 0 radical (unpaired) electrons. The van der Waals surface area contributed by atoms with E-state index in [4.69, 9.17) is 5.11 Å². The predicted octanol–water partition coefficient (Wildman–Crippen LogP) is 1.18. The van der Waals surface area contributed by atoms with Crippen LogP contribution in [-0.2, 0) is 4.79 Å². The zero-order valence-electron chi connectivity index (χ0n) is 7.48. The van der Waals surface area contributed by atoms with Gasteiger partial charge in [0, 0.05) is 0 Å². The van der Waals surface area contributed by atoms with Crippen molar-refractivity contribution in [2.45, 2.75) is 6.61 Å². The maximum Gasteiger partial charge on any atom is 0.387 e. The molecule has 1 aromatic heterocycles. The number of nitrogens with zero attached hydrogens (tertiary/aromatic N) is 1. The van der Waals surface area contributed by atoms with E-state index in [-0.39, 0.29) is 18.1 Å². The lowest BCUT2D eigenvalue weighted by Gasteiger charge is -2.05. The summed E-state index contributed by atoms with van der Waals surface area (Å²) in [5.74, 6) is -0.838. The van der Waals surface area contributed by atoms with Crippen molar-refractivity contribution in [3.63, 3.8) is 0 Å². The van der Waals surface area contributed by atoms with E-state index in [1.165, 1.54) is 12.1 Å². The molecule has 5 nitrogen and oxygen atoms in total. The standard InChI is InChI=1S/C8H8F2N2O3/c9-8(10)15-5-1-2-6(11-3-5)12-4-7(13)14/h1-3,8H,4H2,(H,11,12)(H,13,14). The molecule has 2 N–H and O–H groups in total. The van der Waals surface area contributed by atoms with Gasteiger partial charge in [-0.25, -0.2) is 4.98 Å².